The highest BCUT2D eigenvalue weighted by molar-refractivity contribution is 5.84. The summed E-state index contributed by atoms with van der Waals surface area (Å²) < 4.78 is 0. The third kappa shape index (κ3) is 9.36. The molecule has 40 bridgehead atoms. The van der Waals surface area contributed by atoms with Crippen LogP contribution in [0, 0.1) is 0 Å². The van der Waals surface area contributed by atoms with Crippen molar-refractivity contribution >= 4 is 0 Å². The Morgan fingerprint density at radius 2 is 0.160 bits per heavy atom. The zero-order valence-corrected chi connectivity index (χ0v) is 55.0. The molecule has 0 saturated heterocycles. The van der Waals surface area contributed by atoms with Crippen LogP contribution in [0.15, 0.2) is 364 Å². The van der Waals surface area contributed by atoms with E-state index in [0.29, 0.717) is 0 Å². The summed E-state index contributed by atoms with van der Waals surface area (Å²) in [5.41, 5.74) is 45.5. The van der Waals surface area contributed by atoms with Crippen molar-refractivity contribution in [3.05, 3.63) is 408 Å². The fraction of sp³-hybridized carbons (Fsp3) is 0.0400. The highest BCUT2D eigenvalue weighted by atomic mass is 14.5. The van der Waals surface area contributed by atoms with Gasteiger partial charge in [-0.05, 0) is 200 Å². The highest BCUT2D eigenvalue weighted by Gasteiger charge is 2.50. The summed E-state index contributed by atoms with van der Waals surface area (Å²) in [5, 5.41) is 0. The lowest BCUT2D eigenvalue weighted by Gasteiger charge is -2.50. The van der Waals surface area contributed by atoms with Gasteiger partial charge in [-0.1, -0.05) is 364 Å². The molecule has 16 aromatic carbocycles. The summed E-state index contributed by atoms with van der Waals surface area (Å²) in [7, 11) is 0. The number of rotatable bonds is 0. The average Bonchev–Trinajstić information content (AvgIpc) is 0.683. The maximum Gasteiger partial charge on any atom is 0.0205 e. The van der Waals surface area contributed by atoms with Gasteiger partial charge in [0, 0.05) is 23.7 Å². The van der Waals surface area contributed by atoms with Crippen molar-refractivity contribution in [1.82, 2.24) is 0 Å². The smallest absolute Gasteiger partial charge is 0.0205 e. The van der Waals surface area contributed by atoms with E-state index in [-0.39, 0.29) is 23.7 Å². The first-order valence-corrected chi connectivity index (χ1v) is 35.3. The molecule has 0 fully saturated rings. The van der Waals surface area contributed by atoms with E-state index in [0.717, 1.165) is 0 Å². The number of hydrogen-bond donors (Lipinski definition) is 0. The van der Waals surface area contributed by atoms with Crippen molar-refractivity contribution in [2.75, 3.05) is 0 Å². The first-order chi connectivity index (χ1) is 49.5. The summed E-state index contributed by atoms with van der Waals surface area (Å²) >= 11 is 0. The maximum atomic E-state index is 2.59. The van der Waals surface area contributed by atoms with Crippen LogP contribution >= 0.6 is 0 Å². The van der Waals surface area contributed by atoms with Crippen LogP contribution in [0.1, 0.15) is 68.2 Å². The molecule has 0 saturated carbocycles. The number of benzene rings is 16. The monoisotopic (exact) mass is 1260 g/mol. The van der Waals surface area contributed by atoms with E-state index in [1.807, 2.05) is 0 Å². The van der Waals surface area contributed by atoms with Crippen molar-refractivity contribution in [3.63, 3.8) is 0 Å². The molecule has 50 aliphatic carbocycles. The fourth-order valence-electron chi connectivity index (χ4n) is 17.6. The van der Waals surface area contributed by atoms with E-state index < -0.39 is 0 Å². The van der Waals surface area contributed by atoms with Gasteiger partial charge in [0.2, 0.25) is 0 Å². The van der Waals surface area contributed by atoms with E-state index in [4.69, 9.17) is 0 Å². The van der Waals surface area contributed by atoms with Gasteiger partial charge in [-0.15, -0.1) is 0 Å². The van der Waals surface area contributed by atoms with Gasteiger partial charge in [-0.3, -0.25) is 0 Å². The third-order valence-electron chi connectivity index (χ3n) is 23.0. The molecule has 0 heterocycles. The summed E-state index contributed by atoms with van der Waals surface area (Å²) in [5.74, 6) is 0.102. The van der Waals surface area contributed by atoms with E-state index >= 15 is 0 Å². The summed E-state index contributed by atoms with van der Waals surface area (Å²) in [6.07, 6.45) is 0. The fourth-order valence-corrected chi connectivity index (χ4v) is 17.6. The third-order valence-corrected chi connectivity index (χ3v) is 23.0. The second-order valence-electron chi connectivity index (χ2n) is 28.2. The molecule has 464 valence electrons. The maximum absolute atomic E-state index is 2.59. The minimum absolute atomic E-state index is 0.0254. The van der Waals surface area contributed by atoms with Gasteiger partial charge in [0.15, 0.2) is 0 Å². The Morgan fingerprint density at radius 1 is 0.0800 bits per heavy atom. The van der Waals surface area contributed by atoms with Gasteiger partial charge in [-0.2, -0.15) is 0 Å². The van der Waals surface area contributed by atoms with Crippen LogP contribution in [0.2, 0.25) is 0 Å². The second-order valence-corrected chi connectivity index (χ2v) is 28.2. The molecule has 0 radical (unpaired) electrons. The molecule has 4 atom stereocenters. The molecule has 0 aliphatic heterocycles. The highest BCUT2D eigenvalue weighted by Crippen LogP contribution is 2.65. The Labute approximate surface area is 584 Å². The van der Waals surface area contributed by atoms with E-state index in [1.54, 1.807) is 0 Å². The molecule has 100 heavy (non-hydrogen) atoms. The molecule has 0 aromatic heterocycles. The van der Waals surface area contributed by atoms with Crippen LogP contribution in [-0.2, 0) is 0 Å². The average molecular weight is 1270 g/mol. The van der Waals surface area contributed by atoms with Gasteiger partial charge in [0.05, 0.1) is 0 Å². The first kappa shape index (κ1) is 56.7. The molecular formula is C100H64. The topological polar surface area (TPSA) is 0 Å². The molecule has 0 spiro atoms. The Bertz CT molecular complexity index is 5140. The van der Waals surface area contributed by atoms with E-state index in [9.17, 15) is 0 Å². The summed E-state index contributed by atoms with van der Waals surface area (Å²) in [4.78, 5) is 0. The standard InChI is InChI=1S/C100H64/c1-9-65-10-2-61(1)62-3-11-66(12-4-62)70-19-27-74(28-20-70)78-35-43-82(44-36-78)86-50-54-91-94(58-86)100-92-56-52-88-60-96(92)99(91)97-90-55-51-87(59-95(90)98(100)89-53-49-85(57-93(89)97)81-41-33-77(34-42-81)73-25-17-69(65)18-26-73)83-45-37-79(38-46-83)75-29-21-71(22-30-75)67-13-5-63(6-14-67)64-7-15-68(16-8-64)72-23-31-76(32-24-72)80-39-47-84(88)48-40-80/h1-60,97-100H/t97-,98-,99-,100-/m0/s1. The van der Waals surface area contributed by atoms with Crippen molar-refractivity contribution in [1.29, 1.82) is 0 Å². The van der Waals surface area contributed by atoms with Crippen LogP contribution in [0.3, 0.4) is 0 Å². The summed E-state index contributed by atoms with van der Waals surface area (Å²) in [6, 6.07) is 140. The largest absolute Gasteiger partial charge is 0.0575 e. The van der Waals surface area contributed by atoms with Crippen molar-refractivity contribution in [2.45, 2.75) is 23.7 Å². The Hall–Kier alpha value is -12.5. The van der Waals surface area contributed by atoms with Crippen molar-refractivity contribution in [3.8, 4) is 156 Å². The lowest BCUT2D eigenvalue weighted by Crippen LogP contribution is -2.36. The molecule has 0 N–H and O–H groups in total. The van der Waals surface area contributed by atoms with Crippen LogP contribution < -0.4 is 0 Å². The predicted molar refractivity (Wildman–Crippen MR) is 416 cm³/mol. The summed E-state index contributed by atoms with van der Waals surface area (Å²) in [6.45, 7) is 0. The molecule has 0 heteroatoms. The minimum atomic E-state index is 0.0254. The molecular weight excluding hydrogens is 1200 g/mol. The predicted octanol–water partition coefficient (Wildman–Crippen LogP) is 26.5. The van der Waals surface area contributed by atoms with Crippen molar-refractivity contribution in [2.24, 2.45) is 0 Å². The Morgan fingerprint density at radius 3 is 0.260 bits per heavy atom. The van der Waals surface area contributed by atoms with E-state index in [2.05, 4.69) is 364 Å². The lowest BCUT2D eigenvalue weighted by molar-refractivity contribution is 0.530. The molecule has 50 aliphatic rings. The quantitative estimate of drug-likeness (QED) is 0.142. The second kappa shape index (κ2) is 22.5. The molecule has 16 aromatic rings. The molecule has 0 nitrogen and oxygen atoms in total. The SMILES string of the molecule is c1cc2ccc1-c1ccc(cc1)-c1ccc(cc1)-c1ccc(cc1)-c1ccc3c(c1)[C@@H]1c4ccc5cc4[C@H]3[C@H]3c4ccc(cc4[C@@H]1c1ccc(cc13)-c1ccc(cc1)-c1ccc-2cc1)-c1ccc(cc1)-c1ccc(cc1)-c1ccc(cc1)-c1ccc(cc1)-c1ccc(cc1)-c1ccc-5cc1. The van der Waals surface area contributed by atoms with Crippen molar-refractivity contribution < 1.29 is 0 Å². The minimum Gasteiger partial charge on any atom is -0.0575 e. The lowest BCUT2D eigenvalue weighted by atomic mass is 9.52. The van der Waals surface area contributed by atoms with Gasteiger partial charge < -0.3 is 0 Å². The zero-order valence-electron chi connectivity index (χ0n) is 55.0. The van der Waals surface area contributed by atoms with E-state index in [1.165, 1.54) is 200 Å². The molecule has 66 rings (SSSR count). The van der Waals surface area contributed by atoms with Crippen LogP contribution in [0.5, 0.6) is 0 Å². The molecule has 0 amide bonds. The number of hydrogen-bond acceptors (Lipinski definition) is 0. The normalized spacial score (nSPS) is 15.6. The van der Waals surface area contributed by atoms with Gasteiger partial charge in [0.1, 0.15) is 0 Å². The Kier molecular flexibility index (Phi) is 12.8. The van der Waals surface area contributed by atoms with Gasteiger partial charge in [0.25, 0.3) is 0 Å². The molecule has 0 unspecified atom stereocenters. The van der Waals surface area contributed by atoms with Gasteiger partial charge in [-0.25, -0.2) is 0 Å². The zero-order chi connectivity index (χ0) is 65.5. The van der Waals surface area contributed by atoms with Crippen LogP contribution in [-0.4, -0.2) is 0 Å². The Balaban J connectivity index is 0.736. The first-order valence-electron chi connectivity index (χ1n) is 35.3. The van der Waals surface area contributed by atoms with Crippen LogP contribution in [0.25, 0.3) is 156 Å². The van der Waals surface area contributed by atoms with Gasteiger partial charge >= 0.3 is 0 Å². The van der Waals surface area contributed by atoms with Crippen LogP contribution in [0.4, 0.5) is 0 Å².